The number of nitrogens with one attached hydrogen (secondary N) is 2. The molecule has 0 saturated heterocycles. The maximum Gasteiger partial charge on any atom is 0.261 e. The second kappa shape index (κ2) is 8.72. The Morgan fingerprint density at radius 2 is 1.72 bits per heavy atom. The van der Waals surface area contributed by atoms with Gasteiger partial charge in [0.1, 0.15) is 22.6 Å². The number of rotatable bonds is 4. The van der Waals surface area contributed by atoms with Crippen LogP contribution in [0.1, 0.15) is 21.5 Å². The Balaban J connectivity index is 1.54. The van der Waals surface area contributed by atoms with Gasteiger partial charge in [-0.3, -0.25) is 10.1 Å². The molecule has 0 fully saturated rings. The Morgan fingerprint density at radius 1 is 1.03 bits per heavy atom. The second-order valence-electron chi connectivity index (χ2n) is 7.19. The molecular formula is C23H20FN5O2S. The van der Waals surface area contributed by atoms with Gasteiger partial charge in [-0.1, -0.05) is 12.1 Å². The minimum absolute atomic E-state index is 0.145. The number of carbonyl (C=O) groups excluding carboxylic acids is 1. The normalized spacial score (nSPS) is 10.8. The maximum atomic E-state index is 13.2. The van der Waals surface area contributed by atoms with Crippen molar-refractivity contribution in [2.24, 2.45) is 0 Å². The number of benzene rings is 3. The summed E-state index contributed by atoms with van der Waals surface area (Å²) < 4.78 is 18.5. The molecule has 0 aliphatic rings. The Bertz CT molecular complexity index is 1330. The number of para-hydroxylation sites is 1. The lowest BCUT2D eigenvalue weighted by Gasteiger charge is -2.14. The van der Waals surface area contributed by atoms with Crippen LogP contribution in [0.15, 0.2) is 54.6 Å². The van der Waals surface area contributed by atoms with E-state index in [1.165, 1.54) is 24.0 Å². The molecule has 1 aromatic heterocycles. The van der Waals surface area contributed by atoms with Gasteiger partial charge in [-0.2, -0.15) is 4.80 Å². The zero-order valence-electron chi connectivity index (χ0n) is 17.6. The van der Waals surface area contributed by atoms with Crippen molar-refractivity contribution in [3.63, 3.8) is 0 Å². The Morgan fingerprint density at radius 3 is 2.41 bits per heavy atom. The Labute approximate surface area is 189 Å². The number of fused-ring (bicyclic) bond motifs is 1. The summed E-state index contributed by atoms with van der Waals surface area (Å²) in [5, 5.41) is 14.8. The monoisotopic (exact) mass is 449 g/mol. The number of hydrogen-bond donors (Lipinski definition) is 2. The molecule has 0 unspecified atom stereocenters. The fourth-order valence-electron chi connectivity index (χ4n) is 3.32. The largest absolute Gasteiger partial charge is 0.496 e. The topological polar surface area (TPSA) is 81.1 Å². The molecule has 0 atom stereocenters. The molecule has 0 aliphatic heterocycles. The van der Waals surface area contributed by atoms with Crippen LogP contribution >= 0.6 is 12.2 Å². The third kappa shape index (κ3) is 4.28. The van der Waals surface area contributed by atoms with Gasteiger partial charge in [0.15, 0.2) is 5.11 Å². The molecular weight excluding hydrogens is 429 g/mol. The highest BCUT2D eigenvalue weighted by Gasteiger charge is 2.16. The van der Waals surface area contributed by atoms with Gasteiger partial charge in [0.25, 0.3) is 5.91 Å². The third-order valence-corrected chi connectivity index (χ3v) is 5.12. The molecule has 1 amide bonds. The molecule has 4 aromatic rings. The van der Waals surface area contributed by atoms with E-state index in [-0.39, 0.29) is 16.8 Å². The number of thiocarbonyl (C=S) groups is 1. The van der Waals surface area contributed by atoms with E-state index in [4.69, 9.17) is 17.0 Å². The Kier molecular flexibility index (Phi) is 5.83. The van der Waals surface area contributed by atoms with E-state index in [1.54, 1.807) is 30.3 Å². The van der Waals surface area contributed by atoms with Crippen molar-refractivity contribution in [3.8, 4) is 11.4 Å². The molecule has 162 valence electrons. The number of hydrogen-bond acceptors (Lipinski definition) is 5. The number of aromatic nitrogens is 3. The van der Waals surface area contributed by atoms with Gasteiger partial charge in [0.05, 0.1) is 18.4 Å². The van der Waals surface area contributed by atoms with Gasteiger partial charge in [-0.25, -0.2) is 4.39 Å². The smallest absolute Gasteiger partial charge is 0.261 e. The number of anilines is 1. The van der Waals surface area contributed by atoms with Crippen molar-refractivity contribution < 1.29 is 13.9 Å². The predicted molar refractivity (Wildman–Crippen MR) is 125 cm³/mol. The van der Waals surface area contributed by atoms with Crippen LogP contribution in [0.25, 0.3) is 16.7 Å². The van der Waals surface area contributed by atoms with E-state index in [1.807, 2.05) is 26.0 Å². The first-order valence-electron chi connectivity index (χ1n) is 9.75. The average molecular weight is 450 g/mol. The predicted octanol–water partition coefficient (Wildman–Crippen LogP) is 4.31. The lowest BCUT2D eigenvalue weighted by atomic mass is 10.1. The highest BCUT2D eigenvalue weighted by atomic mass is 32.1. The van der Waals surface area contributed by atoms with Gasteiger partial charge in [0.2, 0.25) is 0 Å². The first kappa shape index (κ1) is 21.4. The minimum Gasteiger partial charge on any atom is -0.496 e. The fourth-order valence-corrected chi connectivity index (χ4v) is 3.52. The maximum absolute atomic E-state index is 13.2. The van der Waals surface area contributed by atoms with Gasteiger partial charge in [-0.15, -0.1) is 10.2 Å². The van der Waals surface area contributed by atoms with E-state index in [9.17, 15) is 9.18 Å². The van der Waals surface area contributed by atoms with Crippen LogP contribution in [0.3, 0.4) is 0 Å². The van der Waals surface area contributed by atoms with E-state index in [0.717, 1.165) is 11.1 Å². The first-order chi connectivity index (χ1) is 15.4. The lowest BCUT2D eigenvalue weighted by molar-refractivity contribution is 0.0974. The molecule has 0 bridgehead atoms. The molecule has 0 saturated carbocycles. The molecule has 4 rings (SSSR count). The third-order valence-electron chi connectivity index (χ3n) is 4.92. The SMILES string of the molecule is COc1c(C)cccc1C(=O)NC(=S)Nc1cc2nn(-c3ccc(F)cc3)nc2cc1C. The van der Waals surface area contributed by atoms with E-state index in [2.05, 4.69) is 20.8 Å². The molecule has 7 nitrogen and oxygen atoms in total. The molecule has 0 spiro atoms. The molecule has 1 heterocycles. The van der Waals surface area contributed by atoms with Gasteiger partial charge in [0, 0.05) is 5.69 Å². The van der Waals surface area contributed by atoms with Crippen molar-refractivity contribution >= 4 is 40.0 Å². The summed E-state index contributed by atoms with van der Waals surface area (Å²) in [6, 6.07) is 14.9. The molecule has 9 heteroatoms. The summed E-state index contributed by atoms with van der Waals surface area (Å²) in [5.74, 6) is -0.196. The molecule has 32 heavy (non-hydrogen) atoms. The van der Waals surface area contributed by atoms with Crippen LogP contribution in [-0.4, -0.2) is 33.1 Å². The summed E-state index contributed by atoms with van der Waals surface area (Å²) in [7, 11) is 1.52. The van der Waals surface area contributed by atoms with Crippen molar-refractivity contribution in [1.82, 2.24) is 20.3 Å². The number of methoxy groups -OCH3 is 1. The van der Waals surface area contributed by atoms with Crippen molar-refractivity contribution in [2.75, 3.05) is 12.4 Å². The highest BCUT2D eigenvalue weighted by Crippen LogP contribution is 2.24. The number of amides is 1. The standard InChI is InChI=1S/C23H20FN5O2S/c1-13-5-4-6-17(21(13)31-3)22(30)26-23(32)25-18-12-20-19(11-14(18)2)27-29(28-20)16-9-7-15(24)8-10-16/h4-12H,1-3H3,(H2,25,26,30,32). The van der Waals surface area contributed by atoms with E-state index < -0.39 is 0 Å². The van der Waals surface area contributed by atoms with E-state index >= 15 is 0 Å². The number of ether oxygens (including phenoxy) is 1. The number of carbonyl (C=O) groups is 1. The molecule has 3 aromatic carbocycles. The summed E-state index contributed by atoms with van der Waals surface area (Å²) in [4.78, 5) is 14.1. The van der Waals surface area contributed by atoms with Crippen LogP contribution in [-0.2, 0) is 0 Å². The number of halogens is 1. The minimum atomic E-state index is -0.371. The molecule has 2 N–H and O–H groups in total. The summed E-state index contributed by atoms with van der Waals surface area (Å²) in [5.41, 5.74) is 4.74. The molecule has 0 aliphatic carbocycles. The van der Waals surface area contributed by atoms with Crippen LogP contribution < -0.4 is 15.4 Å². The summed E-state index contributed by atoms with van der Waals surface area (Å²) in [6.07, 6.45) is 0. The quantitative estimate of drug-likeness (QED) is 0.452. The Hall–Kier alpha value is -3.85. The number of aryl methyl sites for hydroxylation is 2. The van der Waals surface area contributed by atoms with Crippen molar-refractivity contribution in [3.05, 3.63) is 77.1 Å². The fraction of sp³-hybridized carbons (Fsp3) is 0.130. The van der Waals surface area contributed by atoms with Crippen LogP contribution in [0.2, 0.25) is 0 Å². The van der Waals surface area contributed by atoms with Crippen LogP contribution in [0.5, 0.6) is 5.75 Å². The second-order valence-corrected chi connectivity index (χ2v) is 7.59. The van der Waals surface area contributed by atoms with Crippen molar-refractivity contribution in [2.45, 2.75) is 13.8 Å². The van der Waals surface area contributed by atoms with Crippen LogP contribution in [0.4, 0.5) is 10.1 Å². The first-order valence-corrected chi connectivity index (χ1v) is 10.2. The van der Waals surface area contributed by atoms with Crippen molar-refractivity contribution in [1.29, 1.82) is 0 Å². The zero-order valence-corrected chi connectivity index (χ0v) is 18.5. The highest BCUT2D eigenvalue weighted by molar-refractivity contribution is 7.80. The summed E-state index contributed by atoms with van der Waals surface area (Å²) in [6.45, 7) is 3.76. The number of nitrogens with zero attached hydrogens (tertiary/aromatic N) is 3. The zero-order chi connectivity index (χ0) is 22.8. The molecule has 0 radical (unpaired) electrons. The van der Waals surface area contributed by atoms with Gasteiger partial charge in [-0.05, 0) is 79.7 Å². The van der Waals surface area contributed by atoms with Crippen LogP contribution in [0, 0.1) is 19.7 Å². The average Bonchev–Trinajstić information content (AvgIpc) is 3.16. The lowest BCUT2D eigenvalue weighted by Crippen LogP contribution is -2.34. The summed E-state index contributed by atoms with van der Waals surface area (Å²) >= 11 is 5.34. The van der Waals surface area contributed by atoms with E-state index in [0.29, 0.717) is 33.7 Å². The van der Waals surface area contributed by atoms with Gasteiger partial charge >= 0.3 is 0 Å². The van der Waals surface area contributed by atoms with Gasteiger partial charge < -0.3 is 10.1 Å².